The predicted octanol–water partition coefficient (Wildman–Crippen LogP) is 1.42. The third-order valence-electron chi connectivity index (χ3n) is 5.01. The molecule has 1 aliphatic carbocycles. The lowest BCUT2D eigenvalue weighted by Crippen LogP contribution is -2.55. The second kappa shape index (κ2) is 6.78. The van der Waals surface area contributed by atoms with Gasteiger partial charge in [-0.2, -0.15) is 0 Å². The minimum Gasteiger partial charge on any atom is -0.444 e. The second-order valence-electron chi connectivity index (χ2n) is 7.96. The molecule has 0 spiro atoms. The number of carbonyl (C=O) groups excluding carboxylic acids is 1. The predicted molar refractivity (Wildman–Crippen MR) is 91.9 cm³/mol. The summed E-state index contributed by atoms with van der Waals surface area (Å²) in [6, 6.07) is 0.305. The van der Waals surface area contributed by atoms with Crippen molar-refractivity contribution in [1.29, 1.82) is 0 Å². The molecule has 3 fully saturated rings. The van der Waals surface area contributed by atoms with Gasteiger partial charge < -0.3 is 25.0 Å². The molecule has 2 heterocycles. The number of aliphatic imine (C=N–C) groups is 1. The van der Waals surface area contributed by atoms with Crippen molar-refractivity contribution >= 4 is 12.1 Å². The minimum absolute atomic E-state index is 0.251. The van der Waals surface area contributed by atoms with Crippen LogP contribution >= 0.6 is 0 Å². The van der Waals surface area contributed by atoms with E-state index in [-0.39, 0.29) is 6.09 Å². The molecule has 1 saturated carbocycles. The average Bonchev–Trinajstić information content (AvgIpc) is 2.51. The fourth-order valence-electron chi connectivity index (χ4n) is 3.61. The average molecular weight is 338 g/mol. The molecular weight excluding hydrogens is 308 g/mol. The summed E-state index contributed by atoms with van der Waals surface area (Å²) >= 11 is 0. The maximum atomic E-state index is 12.1. The van der Waals surface area contributed by atoms with E-state index >= 15 is 0 Å². The lowest BCUT2D eigenvalue weighted by atomic mass is 9.73. The summed E-state index contributed by atoms with van der Waals surface area (Å²) in [4.78, 5) is 20.6. The Balaban J connectivity index is 1.47. The molecule has 136 valence electrons. The van der Waals surface area contributed by atoms with E-state index in [4.69, 9.17) is 20.2 Å². The number of nitrogens with two attached hydrogens (primary N) is 1. The van der Waals surface area contributed by atoms with Gasteiger partial charge in [-0.3, -0.25) is 0 Å². The van der Waals surface area contributed by atoms with Crippen LogP contribution in [0.15, 0.2) is 4.99 Å². The van der Waals surface area contributed by atoms with Gasteiger partial charge in [0.15, 0.2) is 5.96 Å². The van der Waals surface area contributed by atoms with Crippen LogP contribution in [0.25, 0.3) is 0 Å². The quantitative estimate of drug-likeness (QED) is 0.578. The van der Waals surface area contributed by atoms with Crippen molar-refractivity contribution in [3.8, 4) is 0 Å². The van der Waals surface area contributed by atoms with Crippen LogP contribution in [-0.2, 0) is 9.47 Å². The van der Waals surface area contributed by atoms with Gasteiger partial charge in [0.1, 0.15) is 5.60 Å². The highest BCUT2D eigenvalue weighted by Crippen LogP contribution is 2.39. The third kappa shape index (κ3) is 3.94. The first-order valence-corrected chi connectivity index (χ1v) is 9.01. The zero-order valence-electron chi connectivity index (χ0n) is 15.0. The number of rotatable bonds is 1. The number of hydrogen-bond acceptors (Lipinski definition) is 4. The van der Waals surface area contributed by atoms with Gasteiger partial charge in [-0.05, 0) is 40.0 Å². The molecule has 3 atom stereocenters. The fraction of sp³-hybridized carbons (Fsp3) is 0.882. The maximum absolute atomic E-state index is 12.1. The summed E-state index contributed by atoms with van der Waals surface area (Å²) < 4.78 is 11.1. The fourth-order valence-corrected chi connectivity index (χ4v) is 3.61. The largest absolute Gasteiger partial charge is 0.444 e. The van der Waals surface area contributed by atoms with Crippen molar-refractivity contribution < 1.29 is 14.3 Å². The number of piperazine rings is 1. The zero-order valence-corrected chi connectivity index (χ0v) is 15.0. The number of amides is 1. The molecule has 0 bridgehead atoms. The monoisotopic (exact) mass is 338 g/mol. The van der Waals surface area contributed by atoms with E-state index in [1.165, 1.54) is 6.42 Å². The maximum Gasteiger partial charge on any atom is 0.410 e. The van der Waals surface area contributed by atoms with E-state index in [0.29, 0.717) is 50.2 Å². The molecule has 1 amide bonds. The van der Waals surface area contributed by atoms with Crippen LogP contribution in [0.1, 0.15) is 40.0 Å². The molecular formula is C17H30N4O3. The molecule has 3 aliphatic rings. The van der Waals surface area contributed by atoms with E-state index in [1.807, 2.05) is 20.8 Å². The van der Waals surface area contributed by atoms with Crippen molar-refractivity contribution in [2.24, 2.45) is 16.6 Å². The Morgan fingerprint density at radius 1 is 1.21 bits per heavy atom. The molecule has 3 rings (SSSR count). The van der Waals surface area contributed by atoms with Crippen LogP contribution < -0.4 is 5.73 Å². The number of fused-ring (bicyclic) bond motifs is 1. The Morgan fingerprint density at radius 2 is 1.88 bits per heavy atom. The number of nitrogens with zero attached hydrogens (tertiary/aromatic N) is 3. The number of ether oxygens (including phenoxy) is 2. The summed E-state index contributed by atoms with van der Waals surface area (Å²) in [5.74, 6) is 1.15. The van der Waals surface area contributed by atoms with Crippen molar-refractivity contribution in [3.05, 3.63) is 0 Å². The molecule has 0 aromatic heterocycles. The molecule has 0 aromatic rings. The number of hydrogen-bond donors (Lipinski definition) is 1. The van der Waals surface area contributed by atoms with Crippen molar-refractivity contribution in [2.75, 3.05) is 32.8 Å². The molecule has 7 heteroatoms. The first kappa shape index (κ1) is 17.3. The van der Waals surface area contributed by atoms with E-state index in [0.717, 1.165) is 19.4 Å². The van der Waals surface area contributed by atoms with Gasteiger partial charge >= 0.3 is 6.09 Å². The second-order valence-corrected chi connectivity index (χ2v) is 7.96. The van der Waals surface area contributed by atoms with Crippen LogP contribution in [0.3, 0.4) is 0 Å². The summed E-state index contributed by atoms with van der Waals surface area (Å²) in [6.07, 6.45) is 3.45. The molecule has 0 radical (unpaired) electrons. The SMILES string of the molecule is CC(C)(C)OC(=O)N1CCN(C(N)=NC2CC3OCCCC23)CC1. The van der Waals surface area contributed by atoms with Gasteiger partial charge in [0.2, 0.25) is 0 Å². The summed E-state index contributed by atoms with van der Waals surface area (Å²) in [6.45, 7) is 9.17. The lowest BCUT2D eigenvalue weighted by Gasteiger charge is -2.46. The topological polar surface area (TPSA) is 80.4 Å². The van der Waals surface area contributed by atoms with Crippen LogP contribution in [0.4, 0.5) is 4.79 Å². The third-order valence-corrected chi connectivity index (χ3v) is 5.01. The first-order valence-electron chi connectivity index (χ1n) is 9.01. The van der Waals surface area contributed by atoms with Crippen LogP contribution in [0.2, 0.25) is 0 Å². The Kier molecular flexibility index (Phi) is 4.90. The smallest absolute Gasteiger partial charge is 0.410 e. The Labute approximate surface area is 144 Å². The van der Waals surface area contributed by atoms with E-state index in [1.54, 1.807) is 4.90 Å². The van der Waals surface area contributed by atoms with Crippen LogP contribution in [-0.4, -0.2) is 72.4 Å². The molecule has 2 N–H and O–H groups in total. The molecule has 7 nitrogen and oxygen atoms in total. The lowest BCUT2D eigenvalue weighted by molar-refractivity contribution is -0.0940. The van der Waals surface area contributed by atoms with Gasteiger partial charge in [0.25, 0.3) is 0 Å². The van der Waals surface area contributed by atoms with E-state index in [2.05, 4.69) is 4.90 Å². The van der Waals surface area contributed by atoms with Crippen molar-refractivity contribution in [3.63, 3.8) is 0 Å². The highest BCUT2D eigenvalue weighted by molar-refractivity contribution is 5.79. The summed E-state index contributed by atoms with van der Waals surface area (Å²) in [5.41, 5.74) is 5.74. The highest BCUT2D eigenvalue weighted by atomic mass is 16.6. The molecule has 2 saturated heterocycles. The van der Waals surface area contributed by atoms with Crippen molar-refractivity contribution in [2.45, 2.75) is 57.8 Å². The number of guanidine groups is 1. The highest BCUT2D eigenvalue weighted by Gasteiger charge is 2.43. The van der Waals surface area contributed by atoms with Crippen LogP contribution in [0.5, 0.6) is 0 Å². The molecule has 3 unspecified atom stereocenters. The van der Waals surface area contributed by atoms with Gasteiger partial charge in [-0.1, -0.05) is 0 Å². The normalized spacial score (nSPS) is 31.3. The zero-order chi connectivity index (χ0) is 17.3. The Hall–Kier alpha value is -1.50. The van der Waals surface area contributed by atoms with Gasteiger partial charge in [-0.25, -0.2) is 9.79 Å². The van der Waals surface area contributed by atoms with E-state index < -0.39 is 5.60 Å². The van der Waals surface area contributed by atoms with E-state index in [9.17, 15) is 4.79 Å². The summed E-state index contributed by atoms with van der Waals surface area (Å²) in [7, 11) is 0. The standard InChI is InChI=1S/C17H30N4O3/c1-17(2,3)24-16(22)21-8-6-20(7-9-21)15(18)19-13-11-14-12(13)5-4-10-23-14/h12-14H,4-11H2,1-3H3,(H2,18,19). The summed E-state index contributed by atoms with van der Waals surface area (Å²) in [5, 5.41) is 0. The Bertz CT molecular complexity index is 495. The van der Waals surface area contributed by atoms with Crippen molar-refractivity contribution in [1.82, 2.24) is 9.80 Å². The first-order chi connectivity index (χ1) is 11.3. The van der Waals surface area contributed by atoms with Crippen LogP contribution in [0, 0.1) is 5.92 Å². The molecule has 24 heavy (non-hydrogen) atoms. The van der Waals surface area contributed by atoms with Gasteiger partial charge in [-0.15, -0.1) is 0 Å². The molecule has 0 aromatic carbocycles. The van der Waals surface area contributed by atoms with Gasteiger partial charge in [0.05, 0.1) is 12.1 Å². The molecule has 2 aliphatic heterocycles. The van der Waals surface area contributed by atoms with Gasteiger partial charge in [0, 0.05) is 38.7 Å². The number of carbonyl (C=O) groups is 1. The Morgan fingerprint density at radius 3 is 2.50 bits per heavy atom. The minimum atomic E-state index is -0.461.